The van der Waals surface area contributed by atoms with Crippen LogP contribution in [0.2, 0.25) is 0 Å². The Bertz CT molecular complexity index is 718. The van der Waals surface area contributed by atoms with Crippen molar-refractivity contribution < 1.29 is 4.79 Å². The lowest BCUT2D eigenvalue weighted by molar-refractivity contribution is -0.130. The van der Waals surface area contributed by atoms with Gasteiger partial charge in [-0.25, -0.2) is 9.67 Å². The first-order chi connectivity index (χ1) is 12.1. The molecule has 1 aliphatic rings. The summed E-state index contributed by atoms with van der Waals surface area (Å²) in [4.78, 5) is 23.1. The molecule has 1 N–H and O–H groups in total. The third-order valence-corrected chi connectivity index (χ3v) is 4.45. The van der Waals surface area contributed by atoms with E-state index in [1.165, 1.54) is 12.8 Å². The van der Waals surface area contributed by atoms with Gasteiger partial charge in [0.2, 0.25) is 5.91 Å². The Hall–Kier alpha value is -2.44. The SMILES string of the molecule is Cc1cc(C)n(-c2cncc(NCCC(=O)N3CCCCCC3)n2)n1. The molecule has 0 atom stereocenters. The van der Waals surface area contributed by atoms with Crippen LogP contribution in [0, 0.1) is 13.8 Å². The molecule has 0 radical (unpaired) electrons. The van der Waals surface area contributed by atoms with Crippen molar-refractivity contribution >= 4 is 11.7 Å². The van der Waals surface area contributed by atoms with E-state index in [4.69, 9.17) is 0 Å². The molecule has 3 rings (SSSR count). The predicted molar refractivity (Wildman–Crippen MR) is 96.8 cm³/mol. The molecule has 134 valence electrons. The molecule has 1 amide bonds. The van der Waals surface area contributed by atoms with E-state index >= 15 is 0 Å². The highest BCUT2D eigenvalue weighted by Gasteiger charge is 2.15. The van der Waals surface area contributed by atoms with E-state index in [2.05, 4.69) is 20.4 Å². The van der Waals surface area contributed by atoms with Crippen LogP contribution < -0.4 is 5.32 Å². The van der Waals surface area contributed by atoms with E-state index < -0.39 is 0 Å². The maximum Gasteiger partial charge on any atom is 0.224 e. The van der Waals surface area contributed by atoms with Crippen molar-refractivity contribution in [1.29, 1.82) is 0 Å². The fraction of sp³-hybridized carbons (Fsp3) is 0.556. The zero-order valence-corrected chi connectivity index (χ0v) is 15.0. The minimum absolute atomic E-state index is 0.219. The van der Waals surface area contributed by atoms with Gasteiger partial charge in [0.25, 0.3) is 0 Å². The highest BCUT2D eigenvalue weighted by Crippen LogP contribution is 2.12. The zero-order chi connectivity index (χ0) is 17.6. The van der Waals surface area contributed by atoms with E-state index in [9.17, 15) is 4.79 Å². The van der Waals surface area contributed by atoms with Crippen LogP contribution >= 0.6 is 0 Å². The molecule has 2 aromatic rings. The summed E-state index contributed by atoms with van der Waals surface area (Å²) in [5.74, 6) is 1.56. The number of nitrogens with one attached hydrogen (secondary N) is 1. The molecule has 0 saturated carbocycles. The Morgan fingerprint density at radius 1 is 1.16 bits per heavy atom. The second kappa shape index (κ2) is 8.09. The van der Waals surface area contributed by atoms with Gasteiger partial charge in [-0.1, -0.05) is 12.8 Å². The normalized spacial score (nSPS) is 15.0. The van der Waals surface area contributed by atoms with Gasteiger partial charge in [-0.05, 0) is 32.8 Å². The van der Waals surface area contributed by atoms with Crippen LogP contribution in [0.1, 0.15) is 43.5 Å². The zero-order valence-electron chi connectivity index (χ0n) is 15.0. The van der Waals surface area contributed by atoms with Gasteiger partial charge in [0.05, 0.1) is 18.1 Å². The van der Waals surface area contributed by atoms with Crippen LogP contribution in [0.4, 0.5) is 5.82 Å². The third-order valence-electron chi connectivity index (χ3n) is 4.45. The largest absolute Gasteiger partial charge is 0.368 e. The number of aryl methyl sites for hydroxylation is 2. The Balaban J connectivity index is 1.56. The van der Waals surface area contributed by atoms with Crippen LogP contribution in [0.5, 0.6) is 0 Å². The second-order valence-electron chi connectivity index (χ2n) is 6.57. The summed E-state index contributed by atoms with van der Waals surface area (Å²) in [6.45, 7) is 6.29. The topological polar surface area (TPSA) is 75.9 Å². The fourth-order valence-corrected chi connectivity index (χ4v) is 3.18. The molecule has 1 aliphatic heterocycles. The first-order valence-electron chi connectivity index (χ1n) is 9.01. The average molecular weight is 342 g/mol. The van der Waals surface area contributed by atoms with Crippen LogP contribution in [-0.4, -0.2) is 50.2 Å². The van der Waals surface area contributed by atoms with Gasteiger partial charge in [-0.3, -0.25) is 9.78 Å². The van der Waals surface area contributed by atoms with Gasteiger partial charge >= 0.3 is 0 Å². The minimum atomic E-state index is 0.219. The van der Waals surface area contributed by atoms with Crippen molar-refractivity contribution in [3.8, 4) is 5.82 Å². The first kappa shape index (κ1) is 17.4. The average Bonchev–Trinajstić information content (AvgIpc) is 2.80. The van der Waals surface area contributed by atoms with Crippen molar-refractivity contribution in [2.75, 3.05) is 25.0 Å². The smallest absolute Gasteiger partial charge is 0.224 e. The van der Waals surface area contributed by atoms with E-state index in [0.29, 0.717) is 24.6 Å². The van der Waals surface area contributed by atoms with E-state index in [-0.39, 0.29) is 5.91 Å². The second-order valence-corrected chi connectivity index (χ2v) is 6.57. The quantitative estimate of drug-likeness (QED) is 0.903. The Labute approximate surface area is 148 Å². The Morgan fingerprint density at radius 2 is 1.92 bits per heavy atom. The molecule has 7 nitrogen and oxygen atoms in total. The number of carbonyl (C=O) groups is 1. The standard InChI is InChI=1S/C18H26N6O/c1-14-11-15(2)24(22-14)17-13-19-12-16(21-17)20-8-7-18(25)23-9-5-3-4-6-10-23/h11-13H,3-10H2,1-2H3,(H,20,21). The third kappa shape index (κ3) is 4.55. The van der Waals surface area contributed by atoms with Crippen molar-refractivity contribution in [1.82, 2.24) is 24.6 Å². The Kier molecular flexibility index (Phi) is 5.63. The summed E-state index contributed by atoms with van der Waals surface area (Å²) in [5, 5.41) is 7.63. The number of hydrogen-bond donors (Lipinski definition) is 1. The van der Waals surface area contributed by atoms with Crippen molar-refractivity contribution in [3.05, 3.63) is 29.8 Å². The molecular weight excluding hydrogens is 316 g/mol. The number of hydrogen-bond acceptors (Lipinski definition) is 5. The number of anilines is 1. The van der Waals surface area contributed by atoms with Crippen molar-refractivity contribution in [3.63, 3.8) is 0 Å². The van der Waals surface area contributed by atoms with Crippen LogP contribution in [0.3, 0.4) is 0 Å². The summed E-state index contributed by atoms with van der Waals surface area (Å²) in [5.41, 5.74) is 1.96. The number of amides is 1. The maximum atomic E-state index is 12.3. The monoisotopic (exact) mass is 342 g/mol. The van der Waals surface area contributed by atoms with Crippen molar-refractivity contribution in [2.24, 2.45) is 0 Å². The molecule has 1 fully saturated rings. The van der Waals surface area contributed by atoms with Crippen LogP contribution in [0.15, 0.2) is 18.5 Å². The maximum absolute atomic E-state index is 12.3. The predicted octanol–water partition coefficient (Wildman–Crippen LogP) is 2.48. The molecule has 0 bridgehead atoms. The summed E-state index contributed by atoms with van der Waals surface area (Å²) in [7, 11) is 0. The number of nitrogens with zero attached hydrogens (tertiary/aromatic N) is 5. The molecule has 0 spiro atoms. The molecule has 1 saturated heterocycles. The summed E-state index contributed by atoms with van der Waals surface area (Å²) in [6.07, 6.45) is 8.54. The molecule has 0 aromatic carbocycles. The molecule has 25 heavy (non-hydrogen) atoms. The van der Waals surface area contributed by atoms with Gasteiger partial charge in [-0.2, -0.15) is 5.10 Å². The van der Waals surface area contributed by atoms with Gasteiger partial charge in [0.15, 0.2) is 5.82 Å². The molecule has 3 heterocycles. The van der Waals surface area contributed by atoms with E-state index in [1.807, 2.05) is 24.8 Å². The lowest BCUT2D eigenvalue weighted by Crippen LogP contribution is -2.32. The Morgan fingerprint density at radius 3 is 2.60 bits per heavy atom. The highest BCUT2D eigenvalue weighted by molar-refractivity contribution is 5.76. The highest BCUT2D eigenvalue weighted by atomic mass is 16.2. The van der Waals surface area contributed by atoms with Crippen LogP contribution in [0.25, 0.3) is 5.82 Å². The minimum Gasteiger partial charge on any atom is -0.368 e. The lowest BCUT2D eigenvalue weighted by atomic mass is 10.2. The summed E-state index contributed by atoms with van der Waals surface area (Å²) in [6, 6.07) is 2.00. The number of aromatic nitrogens is 4. The molecule has 7 heteroatoms. The summed E-state index contributed by atoms with van der Waals surface area (Å²) >= 11 is 0. The number of rotatable bonds is 5. The molecule has 0 unspecified atom stereocenters. The molecule has 2 aromatic heterocycles. The van der Waals surface area contributed by atoms with Crippen molar-refractivity contribution in [2.45, 2.75) is 46.0 Å². The molecule has 0 aliphatic carbocycles. The first-order valence-corrected chi connectivity index (χ1v) is 9.01. The van der Waals surface area contributed by atoms with Gasteiger partial charge in [-0.15, -0.1) is 0 Å². The van der Waals surface area contributed by atoms with E-state index in [1.54, 1.807) is 17.1 Å². The summed E-state index contributed by atoms with van der Waals surface area (Å²) < 4.78 is 1.77. The van der Waals surface area contributed by atoms with E-state index in [0.717, 1.165) is 37.3 Å². The number of likely N-dealkylation sites (tertiary alicyclic amines) is 1. The molecular formula is C18H26N6O. The fourth-order valence-electron chi connectivity index (χ4n) is 3.18. The van der Waals surface area contributed by atoms with Gasteiger partial charge in [0, 0.05) is 31.7 Å². The lowest BCUT2D eigenvalue weighted by Gasteiger charge is -2.20. The van der Waals surface area contributed by atoms with Gasteiger partial charge < -0.3 is 10.2 Å². The van der Waals surface area contributed by atoms with Crippen LogP contribution in [-0.2, 0) is 4.79 Å². The van der Waals surface area contributed by atoms with Gasteiger partial charge in [0.1, 0.15) is 5.82 Å². The number of carbonyl (C=O) groups excluding carboxylic acids is 1.